The largest absolute Gasteiger partial charge is 0.390 e. The fraction of sp³-hybridized carbons (Fsp3) is 0.118. The molecule has 0 unspecified atom stereocenters. The zero-order valence-corrected chi connectivity index (χ0v) is 11.1. The van der Waals surface area contributed by atoms with Crippen molar-refractivity contribution in [3.05, 3.63) is 78.1 Å². The van der Waals surface area contributed by atoms with Gasteiger partial charge in [0.15, 0.2) is 0 Å². The predicted octanol–water partition coefficient (Wildman–Crippen LogP) is 3.09. The van der Waals surface area contributed by atoms with Crippen LogP contribution in [0.25, 0.3) is 11.4 Å². The van der Waals surface area contributed by atoms with E-state index in [1.54, 1.807) is 6.20 Å². The molecule has 100 valence electrons. The number of aliphatic hydroxyl groups excluding tert-OH is 1. The maximum Gasteiger partial charge on any atom is 0.140 e. The molecule has 3 aromatic rings. The lowest BCUT2D eigenvalue weighted by molar-refractivity contribution is 0.272. The topological polar surface area (TPSA) is 38.1 Å². The molecule has 0 radical (unpaired) electrons. The lowest BCUT2D eigenvalue weighted by atomic mass is 10.2. The lowest BCUT2D eigenvalue weighted by Gasteiger charge is -2.11. The van der Waals surface area contributed by atoms with Gasteiger partial charge in [-0.15, -0.1) is 0 Å². The monoisotopic (exact) mass is 264 g/mol. The van der Waals surface area contributed by atoms with Crippen molar-refractivity contribution in [3.63, 3.8) is 0 Å². The molecule has 0 aliphatic carbocycles. The highest BCUT2D eigenvalue weighted by atomic mass is 16.3. The van der Waals surface area contributed by atoms with Crippen LogP contribution in [0, 0.1) is 0 Å². The van der Waals surface area contributed by atoms with Gasteiger partial charge >= 0.3 is 0 Å². The van der Waals surface area contributed by atoms with E-state index in [1.165, 1.54) is 5.56 Å². The maximum atomic E-state index is 9.50. The van der Waals surface area contributed by atoms with Crippen molar-refractivity contribution in [2.24, 2.45) is 0 Å². The molecule has 1 aromatic heterocycles. The van der Waals surface area contributed by atoms with Crippen LogP contribution in [0.15, 0.2) is 66.9 Å². The molecule has 3 rings (SSSR count). The summed E-state index contributed by atoms with van der Waals surface area (Å²) in [6, 6.07) is 20.2. The van der Waals surface area contributed by atoms with E-state index < -0.39 is 0 Å². The molecule has 0 bridgehead atoms. The van der Waals surface area contributed by atoms with Crippen molar-refractivity contribution >= 4 is 0 Å². The van der Waals surface area contributed by atoms with Crippen LogP contribution in [-0.2, 0) is 13.2 Å². The minimum atomic E-state index is -0.00727. The Labute approximate surface area is 118 Å². The summed E-state index contributed by atoms with van der Waals surface area (Å²) < 4.78 is 2.06. The molecule has 0 atom stereocenters. The molecule has 1 N–H and O–H groups in total. The SMILES string of the molecule is OCc1cnc(-c2ccccc2)n1Cc1ccccc1. The first-order valence-electron chi connectivity index (χ1n) is 6.63. The second-order valence-electron chi connectivity index (χ2n) is 4.67. The first kappa shape index (κ1) is 12.6. The molecule has 3 heteroatoms. The van der Waals surface area contributed by atoms with Gasteiger partial charge in [-0.2, -0.15) is 0 Å². The van der Waals surface area contributed by atoms with Crippen LogP contribution in [0.2, 0.25) is 0 Å². The molecule has 0 saturated carbocycles. The number of hydrogen-bond donors (Lipinski definition) is 1. The Morgan fingerprint density at radius 1 is 0.900 bits per heavy atom. The summed E-state index contributed by atoms with van der Waals surface area (Å²) in [6.45, 7) is 0.702. The van der Waals surface area contributed by atoms with Crippen molar-refractivity contribution in [3.8, 4) is 11.4 Å². The van der Waals surface area contributed by atoms with Gasteiger partial charge in [0.05, 0.1) is 18.5 Å². The van der Waals surface area contributed by atoms with E-state index in [9.17, 15) is 5.11 Å². The highest BCUT2D eigenvalue weighted by Crippen LogP contribution is 2.21. The molecule has 0 amide bonds. The van der Waals surface area contributed by atoms with E-state index in [-0.39, 0.29) is 6.61 Å². The van der Waals surface area contributed by atoms with Crippen molar-refractivity contribution in [1.82, 2.24) is 9.55 Å². The van der Waals surface area contributed by atoms with Crippen LogP contribution in [0.4, 0.5) is 0 Å². The van der Waals surface area contributed by atoms with E-state index in [4.69, 9.17) is 0 Å². The number of hydrogen-bond acceptors (Lipinski definition) is 2. The molecule has 0 aliphatic heterocycles. The third-order valence-electron chi connectivity index (χ3n) is 3.32. The van der Waals surface area contributed by atoms with Crippen LogP contribution < -0.4 is 0 Å². The molecule has 20 heavy (non-hydrogen) atoms. The summed E-state index contributed by atoms with van der Waals surface area (Å²) in [7, 11) is 0. The Morgan fingerprint density at radius 2 is 1.55 bits per heavy atom. The fourth-order valence-electron chi connectivity index (χ4n) is 2.30. The van der Waals surface area contributed by atoms with Crippen LogP contribution in [0.1, 0.15) is 11.3 Å². The summed E-state index contributed by atoms with van der Waals surface area (Å²) in [5.74, 6) is 0.888. The number of nitrogens with zero attached hydrogens (tertiary/aromatic N) is 2. The van der Waals surface area contributed by atoms with Gasteiger partial charge in [-0.05, 0) is 5.56 Å². The van der Waals surface area contributed by atoms with Gasteiger partial charge in [-0.25, -0.2) is 4.98 Å². The second-order valence-corrected chi connectivity index (χ2v) is 4.67. The van der Waals surface area contributed by atoms with Crippen molar-refractivity contribution < 1.29 is 5.11 Å². The summed E-state index contributed by atoms with van der Waals surface area (Å²) in [4.78, 5) is 4.46. The fourth-order valence-corrected chi connectivity index (χ4v) is 2.30. The number of aliphatic hydroxyl groups is 1. The molecule has 0 spiro atoms. The summed E-state index contributed by atoms with van der Waals surface area (Å²) in [5.41, 5.74) is 3.08. The average Bonchev–Trinajstić information content (AvgIpc) is 2.92. The summed E-state index contributed by atoms with van der Waals surface area (Å²) in [5, 5.41) is 9.50. The Kier molecular flexibility index (Phi) is 3.61. The summed E-state index contributed by atoms with van der Waals surface area (Å²) >= 11 is 0. The molecule has 3 nitrogen and oxygen atoms in total. The van der Waals surface area contributed by atoms with Crippen LogP contribution in [0.3, 0.4) is 0 Å². The van der Waals surface area contributed by atoms with Gasteiger partial charge in [0.1, 0.15) is 5.82 Å². The van der Waals surface area contributed by atoms with Crippen LogP contribution >= 0.6 is 0 Å². The van der Waals surface area contributed by atoms with Crippen LogP contribution in [0.5, 0.6) is 0 Å². The normalized spacial score (nSPS) is 10.7. The Bertz CT molecular complexity index is 675. The average molecular weight is 264 g/mol. The van der Waals surface area contributed by atoms with Crippen molar-refractivity contribution in [1.29, 1.82) is 0 Å². The smallest absolute Gasteiger partial charge is 0.140 e. The zero-order chi connectivity index (χ0) is 13.8. The van der Waals surface area contributed by atoms with Crippen LogP contribution in [-0.4, -0.2) is 14.7 Å². The zero-order valence-electron chi connectivity index (χ0n) is 11.1. The van der Waals surface area contributed by atoms with E-state index in [0.29, 0.717) is 6.54 Å². The number of imidazole rings is 1. The van der Waals surface area contributed by atoms with Gasteiger partial charge in [0.25, 0.3) is 0 Å². The van der Waals surface area contributed by atoms with Crippen molar-refractivity contribution in [2.45, 2.75) is 13.2 Å². The second kappa shape index (κ2) is 5.72. The minimum Gasteiger partial charge on any atom is -0.390 e. The van der Waals surface area contributed by atoms with E-state index in [1.807, 2.05) is 48.5 Å². The molecule has 2 aromatic carbocycles. The van der Waals surface area contributed by atoms with Gasteiger partial charge in [-0.3, -0.25) is 0 Å². The van der Waals surface area contributed by atoms with Gasteiger partial charge < -0.3 is 9.67 Å². The molecule has 0 fully saturated rings. The Morgan fingerprint density at radius 3 is 2.20 bits per heavy atom. The van der Waals surface area contributed by atoms with Crippen molar-refractivity contribution in [2.75, 3.05) is 0 Å². The molecule has 1 heterocycles. The molecule has 0 saturated heterocycles. The number of rotatable bonds is 4. The first-order valence-corrected chi connectivity index (χ1v) is 6.63. The third kappa shape index (κ3) is 2.49. The Hall–Kier alpha value is -2.39. The molecular weight excluding hydrogens is 248 g/mol. The highest BCUT2D eigenvalue weighted by Gasteiger charge is 2.11. The summed E-state index contributed by atoms with van der Waals surface area (Å²) in [6.07, 6.45) is 1.74. The minimum absolute atomic E-state index is 0.00727. The van der Waals surface area contributed by atoms with Gasteiger partial charge in [0, 0.05) is 12.1 Å². The molecule has 0 aliphatic rings. The van der Waals surface area contributed by atoms with E-state index in [2.05, 4.69) is 21.7 Å². The van der Waals surface area contributed by atoms with Gasteiger partial charge in [0.2, 0.25) is 0 Å². The maximum absolute atomic E-state index is 9.50. The quantitative estimate of drug-likeness (QED) is 0.786. The highest BCUT2D eigenvalue weighted by molar-refractivity contribution is 5.56. The first-order chi connectivity index (χ1) is 9.88. The van der Waals surface area contributed by atoms with Gasteiger partial charge in [-0.1, -0.05) is 60.7 Å². The standard InChI is InChI=1S/C17H16N2O/c20-13-16-11-18-17(15-9-5-2-6-10-15)19(16)12-14-7-3-1-4-8-14/h1-11,20H,12-13H2. The third-order valence-corrected chi connectivity index (χ3v) is 3.32. The molecular formula is C17H16N2O. The number of benzene rings is 2. The predicted molar refractivity (Wildman–Crippen MR) is 79.1 cm³/mol. The lowest BCUT2D eigenvalue weighted by Crippen LogP contribution is -2.06. The van der Waals surface area contributed by atoms with E-state index in [0.717, 1.165) is 17.1 Å². The Balaban J connectivity index is 2.02. The van der Waals surface area contributed by atoms with E-state index >= 15 is 0 Å². The number of aromatic nitrogens is 2.